The Morgan fingerprint density at radius 1 is 0.750 bits per heavy atom. The molecule has 1 fully saturated rings. The van der Waals surface area contributed by atoms with Gasteiger partial charge >= 0.3 is 0 Å². The van der Waals surface area contributed by atoms with Gasteiger partial charge in [0.25, 0.3) is 11.8 Å². The van der Waals surface area contributed by atoms with Crippen LogP contribution in [0.25, 0.3) is 0 Å². The first-order valence-corrected chi connectivity index (χ1v) is 8.70. The lowest BCUT2D eigenvalue weighted by molar-refractivity contribution is 0.0535. The van der Waals surface area contributed by atoms with Gasteiger partial charge in [-0.2, -0.15) is 0 Å². The molecule has 0 aromatic heterocycles. The first-order valence-electron chi connectivity index (χ1n) is 8.70. The van der Waals surface area contributed by atoms with Gasteiger partial charge in [0.05, 0.1) is 14.2 Å². The van der Waals surface area contributed by atoms with Gasteiger partial charge in [-0.25, -0.2) is 8.78 Å². The molecule has 0 radical (unpaired) electrons. The van der Waals surface area contributed by atoms with Crippen LogP contribution >= 0.6 is 0 Å². The van der Waals surface area contributed by atoms with Gasteiger partial charge in [-0.1, -0.05) is 0 Å². The molecule has 1 aliphatic heterocycles. The number of amides is 2. The molecule has 2 aromatic carbocycles. The average molecular weight is 390 g/mol. The van der Waals surface area contributed by atoms with Crippen LogP contribution in [0.3, 0.4) is 0 Å². The lowest BCUT2D eigenvalue weighted by Gasteiger charge is -2.35. The summed E-state index contributed by atoms with van der Waals surface area (Å²) in [6.45, 7) is 1.28. The molecule has 3 rings (SSSR count). The van der Waals surface area contributed by atoms with E-state index in [2.05, 4.69) is 0 Å². The summed E-state index contributed by atoms with van der Waals surface area (Å²) in [7, 11) is 3.01. The quantitative estimate of drug-likeness (QED) is 0.805. The van der Waals surface area contributed by atoms with Crippen molar-refractivity contribution in [2.24, 2.45) is 0 Å². The topological polar surface area (TPSA) is 59.1 Å². The monoisotopic (exact) mass is 390 g/mol. The maximum atomic E-state index is 13.4. The molecule has 2 aromatic rings. The predicted molar refractivity (Wildman–Crippen MR) is 97.7 cm³/mol. The lowest BCUT2D eigenvalue weighted by Crippen LogP contribution is -2.50. The molecule has 2 amide bonds. The van der Waals surface area contributed by atoms with E-state index >= 15 is 0 Å². The third kappa shape index (κ3) is 3.90. The van der Waals surface area contributed by atoms with Crippen LogP contribution in [0.2, 0.25) is 0 Å². The average Bonchev–Trinajstić information content (AvgIpc) is 2.74. The van der Waals surface area contributed by atoms with Gasteiger partial charge in [0.15, 0.2) is 23.1 Å². The Kier molecular flexibility index (Phi) is 5.77. The molecule has 8 heteroatoms. The van der Waals surface area contributed by atoms with Crippen LogP contribution in [0.15, 0.2) is 36.4 Å². The highest BCUT2D eigenvalue weighted by molar-refractivity contribution is 5.96. The molecule has 0 bridgehead atoms. The summed E-state index contributed by atoms with van der Waals surface area (Å²) in [4.78, 5) is 28.4. The number of carbonyl (C=O) groups is 2. The Labute approximate surface area is 161 Å². The van der Waals surface area contributed by atoms with E-state index in [1.807, 2.05) is 0 Å². The van der Waals surface area contributed by atoms with Gasteiger partial charge in [-0.15, -0.1) is 0 Å². The molecular weight excluding hydrogens is 370 g/mol. The molecule has 0 saturated carbocycles. The van der Waals surface area contributed by atoms with E-state index in [9.17, 15) is 18.4 Å². The summed E-state index contributed by atoms with van der Waals surface area (Å²) in [5.74, 6) is -1.64. The SMILES string of the molecule is COc1ccc(C(=O)N2CCN(C(=O)c3ccc(F)c(F)c3)CC2)cc1OC. The minimum absolute atomic E-state index is 0.0820. The maximum Gasteiger partial charge on any atom is 0.254 e. The number of rotatable bonds is 4. The van der Waals surface area contributed by atoms with E-state index in [1.165, 1.54) is 25.2 Å². The van der Waals surface area contributed by atoms with Crippen molar-refractivity contribution in [3.8, 4) is 11.5 Å². The van der Waals surface area contributed by atoms with E-state index in [0.29, 0.717) is 43.2 Å². The Bertz CT molecular complexity index is 896. The van der Waals surface area contributed by atoms with E-state index < -0.39 is 17.5 Å². The summed E-state index contributed by atoms with van der Waals surface area (Å²) in [5.41, 5.74) is 0.539. The zero-order valence-corrected chi connectivity index (χ0v) is 15.6. The number of ether oxygens (including phenoxy) is 2. The van der Waals surface area contributed by atoms with Crippen LogP contribution in [-0.2, 0) is 0 Å². The highest BCUT2D eigenvalue weighted by Crippen LogP contribution is 2.28. The maximum absolute atomic E-state index is 13.4. The van der Waals surface area contributed by atoms with Crippen molar-refractivity contribution in [3.63, 3.8) is 0 Å². The normalized spacial score (nSPS) is 14.0. The molecule has 6 nitrogen and oxygen atoms in total. The molecule has 0 atom stereocenters. The second kappa shape index (κ2) is 8.24. The van der Waals surface area contributed by atoms with Gasteiger partial charge in [-0.05, 0) is 36.4 Å². The molecule has 28 heavy (non-hydrogen) atoms. The Morgan fingerprint density at radius 3 is 1.75 bits per heavy atom. The van der Waals surface area contributed by atoms with E-state index in [-0.39, 0.29) is 11.5 Å². The fourth-order valence-corrected chi connectivity index (χ4v) is 3.08. The third-order valence-electron chi connectivity index (χ3n) is 4.65. The van der Waals surface area contributed by atoms with Gasteiger partial charge in [0, 0.05) is 37.3 Å². The number of piperazine rings is 1. The van der Waals surface area contributed by atoms with Crippen LogP contribution in [0, 0.1) is 11.6 Å². The zero-order chi connectivity index (χ0) is 20.3. The number of halogens is 2. The zero-order valence-electron chi connectivity index (χ0n) is 15.6. The summed E-state index contributed by atoms with van der Waals surface area (Å²) in [5, 5.41) is 0. The fourth-order valence-electron chi connectivity index (χ4n) is 3.08. The lowest BCUT2D eigenvalue weighted by atomic mass is 10.1. The highest BCUT2D eigenvalue weighted by atomic mass is 19.2. The molecule has 0 spiro atoms. The molecular formula is C20H20F2N2O4. The number of methoxy groups -OCH3 is 2. The van der Waals surface area contributed by atoms with E-state index in [1.54, 1.807) is 23.1 Å². The molecule has 1 heterocycles. The molecule has 0 unspecified atom stereocenters. The number of benzene rings is 2. The Hall–Kier alpha value is -3.16. The van der Waals surface area contributed by atoms with E-state index in [0.717, 1.165) is 12.1 Å². The van der Waals surface area contributed by atoms with E-state index in [4.69, 9.17) is 9.47 Å². The highest BCUT2D eigenvalue weighted by Gasteiger charge is 2.26. The van der Waals surface area contributed by atoms with Crippen molar-refractivity contribution in [2.75, 3.05) is 40.4 Å². The smallest absolute Gasteiger partial charge is 0.254 e. The predicted octanol–water partition coefficient (Wildman–Crippen LogP) is 2.58. The molecule has 1 aliphatic rings. The minimum Gasteiger partial charge on any atom is -0.493 e. The minimum atomic E-state index is -1.06. The van der Waals surface area contributed by atoms with Crippen molar-refractivity contribution in [3.05, 3.63) is 59.2 Å². The summed E-state index contributed by atoms with van der Waals surface area (Å²) < 4.78 is 36.8. The summed E-state index contributed by atoms with van der Waals surface area (Å²) >= 11 is 0. The number of carbonyl (C=O) groups excluding carboxylic acids is 2. The number of nitrogens with zero attached hydrogens (tertiary/aromatic N) is 2. The largest absolute Gasteiger partial charge is 0.493 e. The van der Waals surface area contributed by atoms with Gasteiger partial charge in [-0.3, -0.25) is 9.59 Å². The molecule has 148 valence electrons. The number of hydrogen-bond acceptors (Lipinski definition) is 4. The van der Waals surface area contributed by atoms with Crippen LogP contribution < -0.4 is 9.47 Å². The van der Waals surface area contributed by atoms with Crippen molar-refractivity contribution >= 4 is 11.8 Å². The first-order chi connectivity index (χ1) is 13.4. The Balaban J connectivity index is 1.65. The molecule has 0 N–H and O–H groups in total. The fraction of sp³-hybridized carbons (Fsp3) is 0.300. The van der Waals surface area contributed by atoms with Gasteiger partial charge in [0.2, 0.25) is 0 Å². The van der Waals surface area contributed by atoms with Crippen molar-refractivity contribution in [1.29, 1.82) is 0 Å². The molecule has 1 saturated heterocycles. The molecule has 0 aliphatic carbocycles. The number of hydrogen-bond donors (Lipinski definition) is 0. The first kappa shape index (κ1) is 19.6. The summed E-state index contributed by atoms with van der Waals surface area (Å²) in [6, 6.07) is 8.00. The van der Waals surface area contributed by atoms with Crippen LogP contribution in [-0.4, -0.2) is 62.0 Å². The second-order valence-corrected chi connectivity index (χ2v) is 6.28. The van der Waals surface area contributed by atoms with Gasteiger partial charge in [0.1, 0.15) is 0 Å². The van der Waals surface area contributed by atoms with Crippen LogP contribution in [0.5, 0.6) is 11.5 Å². The second-order valence-electron chi connectivity index (χ2n) is 6.28. The van der Waals surface area contributed by atoms with Gasteiger partial charge < -0.3 is 19.3 Å². The van der Waals surface area contributed by atoms with Crippen molar-refractivity contribution in [1.82, 2.24) is 9.80 Å². The third-order valence-corrected chi connectivity index (χ3v) is 4.65. The standard InChI is InChI=1S/C20H20F2N2O4/c1-27-17-6-4-14(12-18(17)28-2)20(26)24-9-7-23(8-10-24)19(25)13-3-5-15(21)16(22)11-13/h3-6,11-12H,7-10H2,1-2H3. The summed E-state index contributed by atoms with van der Waals surface area (Å²) in [6.07, 6.45) is 0. The van der Waals surface area contributed by atoms with Crippen molar-refractivity contribution in [2.45, 2.75) is 0 Å². The van der Waals surface area contributed by atoms with Crippen LogP contribution in [0.1, 0.15) is 20.7 Å². The Morgan fingerprint density at radius 2 is 1.25 bits per heavy atom. The van der Waals surface area contributed by atoms with Crippen LogP contribution in [0.4, 0.5) is 8.78 Å². The van der Waals surface area contributed by atoms with Crippen molar-refractivity contribution < 1.29 is 27.8 Å².